The van der Waals surface area contributed by atoms with Crippen LogP contribution < -0.4 is 4.74 Å². The molecule has 45 heavy (non-hydrogen) atoms. The van der Waals surface area contributed by atoms with Crippen LogP contribution in [0.1, 0.15) is 60.4 Å². The van der Waals surface area contributed by atoms with Crippen molar-refractivity contribution in [3.8, 4) is 11.5 Å². The summed E-state index contributed by atoms with van der Waals surface area (Å²) in [6, 6.07) is 7.03. The van der Waals surface area contributed by atoms with Crippen LogP contribution in [0.5, 0.6) is 11.5 Å². The molecule has 6 atom stereocenters. The van der Waals surface area contributed by atoms with E-state index < -0.39 is 58.0 Å². The number of halogens is 2. The third-order valence-electron chi connectivity index (χ3n) is 11.3. The monoisotopic (exact) mass is 859 g/mol. The summed E-state index contributed by atoms with van der Waals surface area (Å²) in [5, 5.41) is 9.89. The van der Waals surface area contributed by atoms with Gasteiger partial charge in [0.15, 0.2) is 0 Å². The topological polar surface area (TPSA) is 156 Å². The summed E-state index contributed by atoms with van der Waals surface area (Å²) in [4.78, 5) is 39.8. The van der Waals surface area contributed by atoms with Crippen molar-refractivity contribution >= 4 is 73.2 Å². The van der Waals surface area contributed by atoms with Crippen LogP contribution in [0, 0.1) is 54.5 Å². The zero-order valence-electron chi connectivity index (χ0n) is 23.8. The van der Waals surface area contributed by atoms with Gasteiger partial charge in [0.05, 0.1) is 22.3 Å². The second-order valence-corrected chi connectivity index (χ2v) is 17.4. The molecule has 238 valence electrons. The predicted octanol–water partition coefficient (Wildman–Crippen LogP) is 4.98. The second-order valence-electron chi connectivity index (χ2n) is 13.7. The number of esters is 3. The summed E-state index contributed by atoms with van der Waals surface area (Å²) in [5.74, 6) is -2.34. The SMILES string of the molecule is O=C(OC1C2CC3C1OC(=O)C3C2C(=O)Oc1ccc(S(=O)(=O)[O-])c(C2C3CC4CC(C3)CC2C4)c1)c1c(I)cc(O)cc1I. The van der Waals surface area contributed by atoms with Crippen molar-refractivity contribution in [3.05, 3.63) is 48.6 Å². The molecule has 10 nitrogen and oxygen atoms in total. The highest BCUT2D eigenvalue weighted by Crippen LogP contribution is 2.61. The van der Waals surface area contributed by atoms with Gasteiger partial charge in [-0.05, 0) is 149 Å². The van der Waals surface area contributed by atoms with Gasteiger partial charge in [0.2, 0.25) is 0 Å². The lowest BCUT2D eigenvalue weighted by Gasteiger charge is -2.55. The number of hydrogen-bond acceptors (Lipinski definition) is 10. The fourth-order valence-corrected chi connectivity index (χ4v) is 13.0. The maximum Gasteiger partial charge on any atom is 0.340 e. The molecule has 0 spiro atoms. The minimum Gasteiger partial charge on any atom is -0.744 e. The predicted molar refractivity (Wildman–Crippen MR) is 171 cm³/mol. The Kier molecular flexibility index (Phi) is 7.27. The summed E-state index contributed by atoms with van der Waals surface area (Å²) in [5.41, 5.74) is 0.713. The molecule has 7 fully saturated rings. The van der Waals surface area contributed by atoms with E-state index >= 15 is 0 Å². The van der Waals surface area contributed by atoms with Crippen molar-refractivity contribution in [2.75, 3.05) is 0 Å². The van der Waals surface area contributed by atoms with E-state index in [0.29, 0.717) is 42.8 Å². The number of phenolic OH excluding ortho intramolecular Hbond substituents is 1. The number of phenols is 1. The smallest absolute Gasteiger partial charge is 0.340 e. The Balaban J connectivity index is 1.07. The van der Waals surface area contributed by atoms with Gasteiger partial charge in [-0.3, -0.25) is 9.59 Å². The van der Waals surface area contributed by atoms with Crippen molar-refractivity contribution in [1.82, 2.24) is 0 Å². The maximum atomic E-state index is 13.8. The van der Waals surface area contributed by atoms with Crippen molar-refractivity contribution in [2.45, 2.75) is 61.5 Å². The number of hydrogen-bond donors (Lipinski definition) is 1. The molecule has 0 amide bonds. The molecule has 6 unspecified atom stereocenters. The number of carbonyl (C=O) groups excluding carboxylic acids is 3. The quantitative estimate of drug-likeness (QED) is 0.182. The molecule has 0 aromatic heterocycles. The van der Waals surface area contributed by atoms with Gasteiger partial charge in [0, 0.05) is 19.0 Å². The summed E-state index contributed by atoms with van der Waals surface area (Å²) in [7, 11) is -4.76. The van der Waals surface area contributed by atoms with E-state index in [1.54, 1.807) is 6.07 Å². The first-order valence-electron chi connectivity index (χ1n) is 15.3. The number of fused-ring (bicyclic) bond motifs is 1. The van der Waals surface area contributed by atoms with Crippen LogP contribution >= 0.6 is 45.2 Å². The van der Waals surface area contributed by atoms with Crippen LogP contribution in [0.3, 0.4) is 0 Å². The highest BCUT2D eigenvalue weighted by atomic mass is 127. The highest BCUT2D eigenvalue weighted by Gasteiger charge is 2.70. The molecule has 6 bridgehead atoms. The van der Waals surface area contributed by atoms with Crippen LogP contribution in [0.15, 0.2) is 35.2 Å². The van der Waals surface area contributed by atoms with Gasteiger partial charge in [-0.1, -0.05) is 0 Å². The summed E-state index contributed by atoms with van der Waals surface area (Å²) >= 11 is 3.89. The number of rotatable bonds is 6. The Bertz CT molecular complexity index is 1710. The average Bonchev–Trinajstić information content (AvgIpc) is 3.55. The molecular formula is C32H29I2O10S-. The molecule has 1 aliphatic heterocycles. The molecular weight excluding hydrogens is 830 g/mol. The van der Waals surface area contributed by atoms with Crippen molar-refractivity contribution in [3.63, 3.8) is 0 Å². The average molecular weight is 859 g/mol. The van der Waals surface area contributed by atoms with E-state index in [1.807, 2.05) is 45.2 Å². The van der Waals surface area contributed by atoms with Gasteiger partial charge in [0.25, 0.3) is 0 Å². The highest BCUT2D eigenvalue weighted by molar-refractivity contribution is 14.1. The second kappa shape index (κ2) is 10.8. The molecule has 13 heteroatoms. The third kappa shape index (κ3) is 4.91. The van der Waals surface area contributed by atoms with E-state index in [0.717, 1.165) is 25.7 Å². The van der Waals surface area contributed by atoms with Crippen molar-refractivity contribution in [1.29, 1.82) is 0 Å². The molecule has 6 aliphatic carbocycles. The first-order valence-corrected chi connectivity index (χ1v) is 18.8. The molecule has 6 saturated carbocycles. The van der Waals surface area contributed by atoms with Gasteiger partial charge in [-0.15, -0.1) is 0 Å². The number of carbonyl (C=O) groups is 3. The summed E-state index contributed by atoms with van der Waals surface area (Å²) in [6.45, 7) is 0. The van der Waals surface area contributed by atoms with E-state index in [4.69, 9.17) is 14.2 Å². The molecule has 1 heterocycles. The van der Waals surface area contributed by atoms with E-state index in [1.165, 1.54) is 30.7 Å². The minimum atomic E-state index is -4.76. The first kappa shape index (κ1) is 30.4. The first-order chi connectivity index (χ1) is 21.4. The van der Waals surface area contributed by atoms with Gasteiger partial charge in [0.1, 0.15) is 33.8 Å². The molecule has 2 aromatic rings. The zero-order chi connectivity index (χ0) is 31.5. The summed E-state index contributed by atoms with van der Waals surface area (Å²) < 4.78 is 55.5. The number of benzene rings is 2. The van der Waals surface area contributed by atoms with Gasteiger partial charge < -0.3 is 23.9 Å². The van der Waals surface area contributed by atoms with Crippen molar-refractivity contribution < 1.29 is 46.7 Å². The molecule has 7 aliphatic rings. The standard InChI is InChI=1S/C32H30I2O10S/c33-21-8-16(35)9-22(34)27(21)32(38)44-29-19-11-20-26(31(37)43-28(20)29)25(19)30(36)42-17-1-2-23(45(39,40)41)18(10-17)24-14-4-12-3-13(6-14)7-15(24)5-12/h1-2,8-10,12-15,19-20,24-26,28-29,35H,3-7,11H2,(H,39,40,41)/p-1. The lowest BCUT2D eigenvalue weighted by atomic mass is 9.51. The maximum absolute atomic E-state index is 13.8. The Hall–Kier alpha value is -1.98. The Morgan fingerprint density at radius 3 is 2.18 bits per heavy atom. The number of ether oxygens (including phenoxy) is 3. The Labute approximate surface area is 287 Å². The van der Waals surface area contributed by atoms with E-state index in [9.17, 15) is 32.5 Å². The molecule has 9 rings (SSSR count). The van der Waals surface area contributed by atoms with E-state index in [-0.39, 0.29) is 33.8 Å². The fraction of sp³-hybridized carbons (Fsp3) is 0.531. The minimum absolute atomic E-state index is 0.0167. The van der Waals surface area contributed by atoms with Gasteiger partial charge >= 0.3 is 17.9 Å². The Morgan fingerprint density at radius 2 is 1.56 bits per heavy atom. The zero-order valence-corrected chi connectivity index (χ0v) is 28.9. The molecule has 1 N–H and O–H groups in total. The lowest BCUT2D eigenvalue weighted by molar-refractivity contribution is -0.149. The fourth-order valence-electron chi connectivity index (χ4n) is 10.1. The van der Waals surface area contributed by atoms with Crippen LogP contribution in [-0.2, 0) is 29.2 Å². The van der Waals surface area contributed by atoms with Gasteiger partial charge in [-0.2, -0.15) is 0 Å². The van der Waals surface area contributed by atoms with Crippen molar-refractivity contribution in [2.24, 2.45) is 47.3 Å². The molecule has 1 saturated heterocycles. The van der Waals surface area contributed by atoms with Gasteiger partial charge in [-0.25, -0.2) is 13.2 Å². The Morgan fingerprint density at radius 1 is 0.911 bits per heavy atom. The van der Waals surface area contributed by atoms with Crippen LogP contribution in [0.4, 0.5) is 0 Å². The van der Waals surface area contributed by atoms with Crippen LogP contribution in [0.25, 0.3) is 0 Å². The molecule has 0 radical (unpaired) electrons. The van der Waals surface area contributed by atoms with Crippen LogP contribution in [0.2, 0.25) is 0 Å². The largest absolute Gasteiger partial charge is 0.744 e. The third-order valence-corrected chi connectivity index (χ3v) is 14.0. The lowest BCUT2D eigenvalue weighted by Crippen LogP contribution is -2.44. The number of aromatic hydroxyl groups is 1. The van der Waals surface area contributed by atoms with E-state index in [2.05, 4.69) is 0 Å². The summed E-state index contributed by atoms with van der Waals surface area (Å²) in [6.07, 6.45) is 4.22. The molecule has 2 aromatic carbocycles. The normalized spacial score (nSPS) is 37.1. The van der Waals surface area contributed by atoms with Crippen LogP contribution in [-0.4, -0.2) is 48.2 Å².